The Kier molecular flexibility index (Phi) is 3.19. The fraction of sp³-hybridized carbons (Fsp3) is 0.412. The van der Waals surface area contributed by atoms with Gasteiger partial charge < -0.3 is 4.74 Å². The summed E-state index contributed by atoms with van der Waals surface area (Å²) in [6, 6.07) is 4.18. The maximum absolute atomic E-state index is 12.9. The molecule has 1 aromatic rings. The average molecular weight is 328 g/mol. The first kappa shape index (κ1) is 14.9. The van der Waals surface area contributed by atoms with E-state index in [0.29, 0.717) is 5.75 Å². The fourth-order valence-corrected chi connectivity index (χ4v) is 4.28. The lowest BCUT2D eigenvalue weighted by Crippen LogP contribution is -2.38. The van der Waals surface area contributed by atoms with Crippen LogP contribution in [0.2, 0.25) is 0 Å². The van der Waals surface area contributed by atoms with Crippen LogP contribution in [0.25, 0.3) is 0 Å². The molecule has 124 valence electrons. The minimum Gasteiger partial charge on any atom is -0.496 e. The molecule has 1 saturated heterocycles. The summed E-state index contributed by atoms with van der Waals surface area (Å²) < 4.78 is 5.01. The zero-order chi connectivity index (χ0) is 17.0. The molecule has 7 heteroatoms. The largest absolute Gasteiger partial charge is 0.496 e. The van der Waals surface area contributed by atoms with E-state index < -0.39 is 4.92 Å². The topological polar surface area (TPSA) is 89.8 Å². The van der Waals surface area contributed by atoms with Crippen molar-refractivity contribution in [2.75, 3.05) is 12.0 Å². The summed E-state index contributed by atoms with van der Waals surface area (Å²) in [5, 5.41) is 11.4. The Labute approximate surface area is 138 Å². The molecule has 7 nitrogen and oxygen atoms in total. The summed E-state index contributed by atoms with van der Waals surface area (Å²) in [6.07, 6.45) is 5.82. The molecule has 4 aliphatic rings. The third kappa shape index (κ3) is 1.90. The SMILES string of the molecule is COc1ccc(N2C(=O)[C@@H]3[C@@H](C2=O)[C@H]2C=C[C@H]3CC2)c([N+](=O)[O-])c1. The molecule has 1 heterocycles. The van der Waals surface area contributed by atoms with Gasteiger partial charge in [0.2, 0.25) is 11.8 Å². The number of carbonyl (C=O) groups is 2. The van der Waals surface area contributed by atoms with Gasteiger partial charge in [-0.15, -0.1) is 0 Å². The molecule has 0 aromatic heterocycles. The number of ether oxygens (including phenoxy) is 1. The predicted molar refractivity (Wildman–Crippen MR) is 84.5 cm³/mol. The molecule has 5 rings (SSSR count). The van der Waals surface area contributed by atoms with Gasteiger partial charge in [0.1, 0.15) is 11.4 Å². The molecule has 0 N–H and O–H groups in total. The van der Waals surface area contributed by atoms with Crippen LogP contribution in [0.1, 0.15) is 12.8 Å². The quantitative estimate of drug-likeness (QED) is 0.367. The number of allylic oxidation sites excluding steroid dienone is 2. The highest BCUT2D eigenvalue weighted by Gasteiger charge is 2.57. The first-order chi connectivity index (χ1) is 11.5. The van der Waals surface area contributed by atoms with Crippen LogP contribution in [0.15, 0.2) is 30.4 Å². The summed E-state index contributed by atoms with van der Waals surface area (Å²) in [5.74, 6) is -0.998. The summed E-state index contributed by atoms with van der Waals surface area (Å²) in [6.45, 7) is 0. The third-order valence-electron chi connectivity index (χ3n) is 5.38. The molecule has 0 spiro atoms. The van der Waals surface area contributed by atoms with Gasteiger partial charge in [0, 0.05) is 0 Å². The summed E-state index contributed by atoms with van der Waals surface area (Å²) in [7, 11) is 1.41. The van der Waals surface area contributed by atoms with Gasteiger partial charge in [-0.2, -0.15) is 0 Å². The predicted octanol–water partition coefficient (Wildman–Crippen LogP) is 2.30. The second kappa shape index (κ2) is 5.15. The number of methoxy groups -OCH3 is 1. The molecule has 4 atom stereocenters. The van der Waals surface area contributed by atoms with Crippen LogP contribution in [-0.4, -0.2) is 23.8 Å². The zero-order valence-electron chi connectivity index (χ0n) is 13.0. The van der Waals surface area contributed by atoms with E-state index >= 15 is 0 Å². The lowest BCUT2D eigenvalue weighted by atomic mass is 9.63. The van der Waals surface area contributed by atoms with Crippen molar-refractivity contribution >= 4 is 23.2 Å². The van der Waals surface area contributed by atoms with Crippen molar-refractivity contribution in [3.05, 3.63) is 40.5 Å². The molecule has 1 aliphatic heterocycles. The van der Waals surface area contributed by atoms with E-state index in [1.165, 1.54) is 25.3 Å². The second-order valence-corrected chi connectivity index (χ2v) is 6.47. The van der Waals surface area contributed by atoms with E-state index in [1.54, 1.807) is 0 Å². The molecular formula is C17H16N2O5. The van der Waals surface area contributed by atoms with Gasteiger partial charge in [-0.3, -0.25) is 19.7 Å². The third-order valence-corrected chi connectivity index (χ3v) is 5.38. The monoisotopic (exact) mass is 328 g/mol. The van der Waals surface area contributed by atoms with Crippen molar-refractivity contribution in [1.29, 1.82) is 0 Å². The van der Waals surface area contributed by atoms with E-state index in [1.807, 2.05) is 12.2 Å². The van der Waals surface area contributed by atoms with Gasteiger partial charge in [0.05, 0.1) is 29.9 Å². The Hall–Kier alpha value is -2.70. The molecule has 2 amide bonds. The molecule has 1 saturated carbocycles. The number of nitro benzene ring substituents is 1. The number of nitrogens with zero attached hydrogens (tertiary/aromatic N) is 2. The fourth-order valence-electron chi connectivity index (χ4n) is 4.28. The molecule has 24 heavy (non-hydrogen) atoms. The van der Waals surface area contributed by atoms with Crippen molar-refractivity contribution in [2.24, 2.45) is 23.7 Å². The maximum Gasteiger partial charge on any atom is 0.297 e. The van der Waals surface area contributed by atoms with Gasteiger partial charge in [0.15, 0.2) is 0 Å². The normalized spacial score (nSPS) is 30.6. The first-order valence-electron chi connectivity index (χ1n) is 7.91. The molecule has 0 radical (unpaired) electrons. The Morgan fingerprint density at radius 3 is 2.17 bits per heavy atom. The standard InChI is InChI=1S/C17H16N2O5/c1-24-11-6-7-12(13(8-11)19(22)23)18-16(20)14-9-2-3-10(5-4-9)15(14)17(18)21/h2-3,6-10,14-15H,4-5H2,1H3/t9-,10-,14-,15-/m0/s1. The van der Waals surface area contributed by atoms with Gasteiger partial charge >= 0.3 is 0 Å². The highest BCUT2D eigenvalue weighted by Crippen LogP contribution is 2.51. The van der Waals surface area contributed by atoms with Crippen LogP contribution >= 0.6 is 0 Å². The molecule has 1 aromatic carbocycles. The van der Waals surface area contributed by atoms with Crippen molar-refractivity contribution in [1.82, 2.24) is 0 Å². The maximum atomic E-state index is 12.9. The Morgan fingerprint density at radius 2 is 1.71 bits per heavy atom. The molecule has 2 bridgehead atoms. The number of hydrogen-bond donors (Lipinski definition) is 0. The number of fused-ring (bicyclic) bond motifs is 1. The zero-order valence-corrected chi connectivity index (χ0v) is 13.0. The van der Waals surface area contributed by atoms with E-state index in [4.69, 9.17) is 4.74 Å². The number of rotatable bonds is 3. The van der Waals surface area contributed by atoms with E-state index in [0.717, 1.165) is 17.7 Å². The number of nitro groups is 1. The Bertz CT molecular complexity index is 755. The van der Waals surface area contributed by atoms with E-state index in [9.17, 15) is 19.7 Å². The Morgan fingerprint density at radius 1 is 1.12 bits per heavy atom. The van der Waals surface area contributed by atoms with Crippen LogP contribution in [0, 0.1) is 33.8 Å². The number of amides is 2. The van der Waals surface area contributed by atoms with Crippen LogP contribution in [0.5, 0.6) is 5.75 Å². The van der Waals surface area contributed by atoms with Gasteiger partial charge in [0.25, 0.3) is 5.69 Å². The van der Waals surface area contributed by atoms with Crippen LogP contribution < -0.4 is 9.64 Å². The molecular weight excluding hydrogens is 312 g/mol. The van der Waals surface area contributed by atoms with Crippen LogP contribution in [0.3, 0.4) is 0 Å². The van der Waals surface area contributed by atoms with Crippen molar-refractivity contribution < 1.29 is 19.2 Å². The van der Waals surface area contributed by atoms with Crippen molar-refractivity contribution in [3.63, 3.8) is 0 Å². The minimum absolute atomic E-state index is 0.0320. The first-order valence-corrected chi connectivity index (χ1v) is 7.91. The Balaban J connectivity index is 1.80. The van der Waals surface area contributed by atoms with Crippen LogP contribution in [0.4, 0.5) is 11.4 Å². The number of carbonyl (C=O) groups excluding carboxylic acids is 2. The number of benzene rings is 1. The number of imide groups is 1. The lowest BCUT2D eigenvalue weighted by Gasteiger charge is -2.38. The van der Waals surface area contributed by atoms with E-state index in [2.05, 4.69) is 0 Å². The van der Waals surface area contributed by atoms with E-state index in [-0.39, 0.29) is 46.9 Å². The molecule has 3 aliphatic carbocycles. The van der Waals surface area contributed by atoms with Crippen molar-refractivity contribution in [3.8, 4) is 5.75 Å². The lowest BCUT2D eigenvalue weighted by molar-refractivity contribution is -0.384. The molecule has 2 fully saturated rings. The number of hydrogen-bond acceptors (Lipinski definition) is 5. The summed E-state index contributed by atoms with van der Waals surface area (Å²) in [5.41, 5.74) is -0.264. The van der Waals surface area contributed by atoms with Crippen molar-refractivity contribution in [2.45, 2.75) is 12.8 Å². The molecule has 0 unspecified atom stereocenters. The highest BCUT2D eigenvalue weighted by molar-refractivity contribution is 6.23. The van der Waals surface area contributed by atoms with Gasteiger partial charge in [-0.25, -0.2) is 4.90 Å². The van der Waals surface area contributed by atoms with Crippen LogP contribution in [-0.2, 0) is 9.59 Å². The van der Waals surface area contributed by atoms with Gasteiger partial charge in [-0.05, 0) is 36.8 Å². The average Bonchev–Trinajstić information content (AvgIpc) is 2.88. The highest BCUT2D eigenvalue weighted by atomic mass is 16.6. The second-order valence-electron chi connectivity index (χ2n) is 6.47. The summed E-state index contributed by atoms with van der Waals surface area (Å²) >= 11 is 0. The number of anilines is 1. The summed E-state index contributed by atoms with van der Waals surface area (Å²) in [4.78, 5) is 37.6. The smallest absolute Gasteiger partial charge is 0.297 e. The minimum atomic E-state index is -0.590. The van der Waals surface area contributed by atoms with Gasteiger partial charge in [-0.1, -0.05) is 12.2 Å².